The van der Waals surface area contributed by atoms with E-state index < -0.39 is 70.2 Å². The van der Waals surface area contributed by atoms with E-state index in [2.05, 4.69) is 20.8 Å². The van der Waals surface area contributed by atoms with Crippen LogP contribution in [0.1, 0.15) is 13.8 Å². The Balaban J connectivity index is 6.32. The molecule has 1 unspecified atom stereocenters. The van der Waals surface area contributed by atoms with Crippen LogP contribution in [0.15, 0.2) is 12.2 Å². The molecule has 0 aliphatic heterocycles. The first-order valence-electron chi connectivity index (χ1n) is 7.29. The summed E-state index contributed by atoms with van der Waals surface area (Å²) in [5.41, 5.74) is -2.60. The lowest BCUT2D eigenvalue weighted by Gasteiger charge is -2.34. The molecule has 0 fully saturated rings. The molecule has 0 aliphatic carbocycles. The Morgan fingerprint density at radius 2 is 1.50 bits per heavy atom. The third-order valence-electron chi connectivity index (χ3n) is 2.82. The van der Waals surface area contributed by atoms with E-state index in [0.717, 1.165) is 0 Å². The van der Waals surface area contributed by atoms with Gasteiger partial charge in [-0.1, -0.05) is 20.4 Å². The van der Waals surface area contributed by atoms with Gasteiger partial charge in [-0.2, -0.15) is 35.1 Å². The summed E-state index contributed by atoms with van der Waals surface area (Å²) in [7, 11) is -6.66. The first kappa shape index (κ1) is 28.0. The van der Waals surface area contributed by atoms with E-state index in [9.17, 15) is 57.7 Å². The van der Waals surface area contributed by atoms with Crippen molar-refractivity contribution in [2.24, 2.45) is 5.92 Å². The lowest BCUT2D eigenvalue weighted by Crippen LogP contribution is -2.60. The van der Waals surface area contributed by atoms with E-state index >= 15 is 0 Å². The van der Waals surface area contributed by atoms with E-state index in [1.165, 1.54) is 13.8 Å². The smallest absolute Gasteiger partial charge is 0.468 e. The van der Waals surface area contributed by atoms with Crippen LogP contribution in [-0.2, 0) is 33.9 Å². The minimum absolute atomic E-state index is 0.704. The highest BCUT2D eigenvalue weighted by Gasteiger charge is 2.69. The van der Waals surface area contributed by atoms with Gasteiger partial charge in [0.2, 0.25) is 0 Å². The zero-order valence-electron chi connectivity index (χ0n) is 14.9. The summed E-state index contributed by atoms with van der Waals surface area (Å²) in [6, 6.07) is 0. The molecule has 8 nitrogen and oxygen atoms in total. The summed E-state index contributed by atoms with van der Waals surface area (Å²) < 4.78 is 146. The highest BCUT2D eigenvalue weighted by Crippen LogP contribution is 2.39. The van der Waals surface area contributed by atoms with Crippen LogP contribution in [0.5, 0.6) is 0 Å². The molecule has 0 heterocycles. The van der Waals surface area contributed by atoms with E-state index in [-0.39, 0.29) is 0 Å². The van der Waals surface area contributed by atoms with Gasteiger partial charge in [-0.25, -0.2) is 18.0 Å². The summed E-state index contributed by atoms with van der Waals surface area (Å²) in [6.45, 7) is 0.751. The predicted octanol–water partition coefficient (Wildman–Crippen LogP) is 2.26. The van der Waals surface area contributed by atoms with Crippen molar-refractivity contribution in [3.05, 3.63) is 12.2 Å². The van der Waals surface area contributed by atoms with Gasteiger partial charge in [-0.05, 0) is 5.92 Å². The molecular weight excluding hydrogens is 468 g/mol. The molecule has 0 aromatic rings. The second kappa shape index (κ2) is 9.01. The van der Waals surface area contributed by atoms with Crippen LogP contribution >= 0.6 is 0 Å². The zero-order chi connectivity index (χ0) is 24.3. The van der Waals surface area contributed by atoms with Gasteiger partial charge in [0.1, 0.15) is 12.2 Å². The maximum atomic E-state index is 13.5. The van der Waals surface area contributed by atoms with Crippen molar-refractivity contribution in [3.63, 3.8) is 0 Å². The minimum atomic E-state index is -6.66. The normalized spacial score (nSPS) is 15.5. The summed E-state index contributed by atoms with van der Waals surface area (Å²) in [5.74, 6) is -11.8. The number of halogens is 8. The molecule has 0 rings (SSSR count). The lowest BCUT2D eigenvalue weighted by molar-refractivity contribution is -0.360. The molecule has 0 bridgehead atoms. The quantitative estimate of drug-likeness (QED) is 0.162. The molecular formula is C13H13F8O8S-. The van der Waals surface area contributed by atoms with E-state index in [0.29, 0.717) is 0 Å². The number of hydrogen-bond donors (Lipinski definition) is 0. The van der Waals surface area contributed by atoms with Gasteiger partial charge in [0.25, 0.3) is 0 Å². The van der Waals surface area contributed by atoms with Crippen LogP contribution in [-0.4, -0.2) is 61.5 Å². The average Bonchev–Trinajstić information content (AvgIpc) is 2.52. The van der Waals surface area contributed by atoms with E-state index in [4.69, 9.17) is 0 Å². The molecule has 0 spiro atoms. The lowest BCUT2D eigenvalue weighted by atomic mass is 10.2. The summed E-state index contributed by atoms with van der Waals surface area (Å²) >= 11 is 0. The third kappa shape index (κ3) is 6.76. The monoisotopic (exact) mass is 481 g/mol. The van der Waals surface area contributed by atoms with Crippen molar-refractivity contribution in [2.45, 2.75) is 37.2 Å². The molecule has 0 radical (unpaired) electrons. The Labute approximate surface area is 163 Å². The number of ether oxygens (including phenoxy) is 3. The van der Waals surface area contributed by atoms with Crippen LogP contribution in [0.3, 0.4) is 0 Å². The third-order valence-corrected chi connectivity index (χ3v) is 3.67. The number of rotatable bonds is 9. The van der Waals surface area contributed by atoms with Crippen LogP contribution < -0.4 is 0 Å². The first-order valence-corrected chi connectivity index (χ1v) is 8.70. The minimum Gasteiger partial charge on any atom is -0.743 e. The maximum absolute atomic E-state index is 13.5. The van der Waals surface area contributed by atoms with Crippen LogP contribution in [0.4, 0.5) is 35.1 Å². The van der Waals surface area contributed by atoms with Crippen molar-refractivity contribution in [1.82, 2.24) is 0 Å². The zero-order valence-corrected chi connectivity index (χ0v) is 15.7. The molecule has 0 aromatic carbocycles. The molecule has 0 saturated heterocycles. The number of carbonyl (C=O) groups is 2. The largest absolute Gasteiger partial charge is 0.743 e. The molecule has 30 heavy (non-hydrogen) atoms. The standard InChI is InChI=1S/C13H14F8O8S/c1-6(2)4-27-9(23)11(13(19,20)21,28-5-10(14,15)30(24,25)26)29-8(22)7(3)12(16,17)18/h6H,3-5H2,1-2H3,(H,24,25,26)/p-1. The molecule has 1 atom stereocenters. The first-order chi connectivity index (χ1) is 13.1. The Hall–Kier alpha value is -2.01. The van der Waals surface area contributed by atoms with Gasteiger partial charge < -0.3 is 18.8 Å². The van der Waals surface area contributed by atoms with Gasteiger partial charge in [0.15, 0.2) is 10.1 Å². The Kier molecular flexibility index (Phi) is 8.40. The predicted molar refractivity (Wildman–Crippen MR) is 76.5 cm³/mol. The molecule has 0 amide bonds. The fourth-order valence-electron chi connectivity index (χ4n) is 1.29. The van der Waals surface area contributed by atoms with Crippen molar-refractivity contribution < 1.29 is 71.9 Å². The van der Waals surface area contributed by atoms with Gasteiger partial charge in [-0.3, -0.25) is 0 Å². The molecule has 17 heteroatoms. The average molecular weight is 481 g/mol. The molecule has 0 saturated carbocycles. The number of carbonyl (C=O) groups excluding carboxylic acids is 2. The maximum Gasteiger partial charge on any atom is 0.468 e. The second-order valence-corrected chi connectivity index (χ2v) is 7.36. The highest BCUT2D eigenvalue weighted by atomic mass is 32.2. The SMILES string of the molecule is C=C(C(=O)OC(OCC(F)(F)S(=O)(=O)[O-])(C(=O)OCC(C)C)C(F)(F)F)C(F)(F)F. The van der Waals surface area contributed by atoms with Crippen LogP contribution in [0.25, 0.3) is 0 Å². The molecule has 0 aromatic heterocycles. The van der Waals surface area contributed by atoms with Gasteiger partial charge in [0, 0.05) is 0 Å². The Bertz CT molecular complexity index is 771. The van der Waals surface area contributed by atoms with E-state index in [1.807, 2.05) is 0 Å². The van der Waals surface area contributed by atoms with E-state index in [1.54, 1.807) is 0 Å². The number of alkyl halides is 8. The fraction of sp³-hybridized carbons (Fsp3) is 0.692. The fourth-order valence-corrected chi connectivity index (χ4v) is 1.49. The van der Waals surface area contributed by atoms with Gasteiger partial charge in [-0.15, -0.1) is 0 Å². The van der Waals surface area contributed by atoms with Crippen LogP contribution in [0.2, 0.25) is 0 Å². The summed E-state index contributed by atoms with van der Waals surface area (Å²) in [4.78, 5) is 23.3. The number of esters is 2. The van der Waals surface area contributed by atoms with Crippen LogP contribution in [0, 0.1) is 5.92 Å². The number of hydrogen-bond acceptors (Lipinski definition) is 8. The molecule has 176 valence electrons. The van der Waals surface area contributed by atoms with Crippen molar-refractivity contribution in [2.75, 3.05) is 13.2 Å². The van der Waals surface area contributed by atoms with Gasteiger partial charge >= 0.3 is 35.3 Å². The Morgan fingerprint density at radius 1 is 1.03 bits per heavy atom. The second-order valence-electron chi connectivity index (χ2n) is 5.85. The van der Waals surface area contributed by atoms with Crippen molar-refractivity contribution in [1.29, 1.82) is 0 Å². The molecule has 0 N–H and O–H groups in total. The Morgan fingerprint density at radius 3 is 1.83 bits per heavy atom. The van der Waals surface area contributed by atoms with Gasteiger partial charge in [0.05, 0.1) is 6.61 Å². The summed E-state index contributed by atoms with van der Waals surface area (Å²) in [6.07, 6.45) is -12.0. The summed E-state index contributed by atoms with van der Waals surface area (Å²) in [5, 5.41) is -5.60. The topological polar surface area (TPSA) is 119 Å². The highest BCUT2D eigenvalue weighted by molar-refractivity contribution is 7.86. The van der Waals surface area contributed by atoms with Crippen molar-refractivity contribution >= 4 is 22.1 Å². The van der Waals surface area contributed by atoms with Crippen molar-refractivity contribution in [3.8, 4) is 0 Å². The molecule has 0 aliphatic rings.